The van der Waals surface area contributed by atoms with Crippen LogP contribution in [0, 0.1) is 0 Å². The molecule has 20 heavy (non-hydrogen) atoms. The van der Waals surface area contributed by atoms with Crippen LogP contribution < -0.4 is 10.2 Å². The van der Waals surface area contributed by atoms with Gasteiger partial charge in [0.1, 0.15) is 0 Å². The van der Waals surface area contributed by atoms with Gasteiger partial charge in [0.05, 0.1) is 22.9 Å². The van der Waals surface area contributed by atoms with Crippen LogP contribution in [0.5, 0.6) is 0 Å². The Labute approximate surface area is 127 Å². The minimum absolute atomic E-state index is 0.252. The Kier molecular flexibility index (Phi) is 5.30. The Morgan fingerprint density at radius 1 is 1.45 bits per heavy atom. The monoisotopic (exact) mass is 296 g/mol. The first kappa shape index (κ1) is 15.6. The summed E-state index contributed by atoms with van der Waals surface area (Å²) in [5.41, 5.74) is 2.37. The van der Waals surface area contributed by atoms with Crippen molar-refractivity contribution in [1.29, 1.82) is 0 Å². The van der Waals surface area contributed by atoms with Crippen LogP contribution in [0.3, 0.4) is 0 Å². The number of para-hydroxylation sites is 1. The van der Waals surface area contributed by atoms with Gasteiger partial charge in [-0.1, -0.05) is 37.6 Å². The van der Waals surface area contributed by atoms with Crippen LogP contribution in [0.25, 0.3) is 0 Å². The van der Waals surface area contributed by atoms with Crippen molar-refractivity contribution >= 4 is 17.3 Å². The average molecular weight is 297 g/mol. The van der Waals surface area contributed by atoms with Crippen LogP contribution in [0.2, 0.25) is 5.02 Å². The molecule has 0 saturated carbocycles. The molecule has 1 N–H and O–H groups in total. The van der Waals surface area contributed by atoms with Crippen LogP contribution in [-0.4, -0.2) is 31.8 Å². The first-order chi connectivity index (χ1) is 9.50. The third kappa shape index (κ3) is 3.46. The van der Waals surface area contributed by atoms with Gasteiger partial charge in [-0.2, -0.15) is 0 Å². The smallest absolute Gasteiger partial charge is 0.0750 e. The second-order valence-electron chi connectivity index (χ2n) is 5.83. The molecule has 1 saturated heterocycles. The molecule has 1 fully saturated rings. The van der Waals surface area contributed by atoms with Gasteiger partial charge >= 0.3 is 0 Å². The van der Waals surface area contributed by atoms with Gasteiger partial charge in [-0.15, -0.1) is 0 Å². The number of halogens is 1. The molecule has 1 aromatic rings. The van der Waals surface area contributed by atoms with Gasteiger partial charge in [0.25, 0.3) is 0 Å². The van der Waals surface area contributed by atoms with Crippen molar-refractivity contribution in [2.75, 3.05) is 18.6 Å². The Morgan fingerprint density at radius 2 is 2.20 bits per heavy atom. The van der Waals surface area contributed by atoms with E-state index in [2.05, 4.69) is 44.1 Å². The zero-order chi connectivity index (χ0) is 14.7. The second kappa shape index (κ2) is 6.79. The molecular weight excluding hydrogens is 272 g/mol. The van der Waals surface area contributed by atoms with Crippen molar-refractivity contribution in [3.8, 4) is 0 Å². The number of rotatable bonds is 5. The predicted molar refractivity (Wildman–Crippen MR) is 85.6 cm³/mol. The van der Waals surface area contributed by atoms with E-state index in [1.807, 2.05) is 12.1 Å². The highest BCUT2D eigenvalue weighted by Crippen LogP contribution is 2.33. The van der Waals surface area contributed by atoms with Gasteiger partial charge in [0.2, 0.25) is 0 Å². The Hall–Kier alpha value is -0.770. The van der Waals surface area contributed by atoms with Crippen molar-refractivity contribution in [2.45, 2.75) is 51.9 Å². The summed E-state index contributed by atoms with van der Waals surface area (Å²) in [4.78, 5) is 2.29. The third-order valence-electron chi connectivity index (χ3n) is 3.96. The molecule has 3 nitrogen and oxygen atoms in total. The fourth-order valence-electron chi connectivity index (χ4n) is 2.81. The zero-order valence-electron chi connectivity index (χ0n) is 12.8. The highest BCUT2D eigenvalue weighted by molar-refractivity contribution is 6.33. The van der Waals surface area contributed by atoms with Gasteiger partial charge in [0, 0.05) is 26.2 Å². The van der Waals surface area contributed by atoms with Crippen LogP contribution in [0.4, 0.5) is 5.69 Å². The molecular formula is C16H25ClN2O. The second-order valence-corrected chi connectivity index (χ2v) is 6.23. The molecule has 0 bridgehead atoms. The Balaban J connectivity index is 2.24. The topological polar surface area (TPSA) is 24.5 Å². The lowest BCUT2D eigenvalue weighted by molar-refractivity contribution is 0.118. The number of hydrogen-bond donors (Lipinski definition) is 1. The maximum Gasteiger partial charge on any atom is 0.0750 e. The molecule has 0 aliphatic carbocycles. The molecule has 0 radical (unpaired) electrons. The van der Waals surface area contributed by atoms with Gasteiger partial charge < -0.3 is 15.0 Å². The van der Waals surface area contributed by atoms with E-state index in [4.69, 9.17) is 16.3 Å². The summed E-state index contributed by atoms with van der Waals surface area (Å²) in [6, 6.07) is 6.99. The van der Waals surface area contributed by atoms with E-state index in [0.29, 0.717) is 12.1 Å². The maximum atomic E-state index is 6.46. The lowest BCUT2D eigenvalue weighted by atomic mass is 10.1. The highest BCUT2D eigenvalue weighted by Gasteiger charge is 2.29. The van der Waals surface area contributed by atoms with Gasteiger partial charge in [-0.25, -0.2) is 0 Å². The molecule has 0 amide bonds. The SMILES string of the molecule is CC(C)NCc1cccc(Cl)c1N(C)C1CCOC1C. The molecule has 1 aliphatic rings. The number of likely N-dealkylation sites (N-methyl/N-ethyl adjacent to an activating group) is 1. The number of benzene rings is 1. The van der Waals surface area contributed by atoms with Crippen molar-refractivity contribution in [3.63, 3.8) is 0 Å². The Morgan fingerprint density at radius 3 is 2.80 bits per heavy atom. The van der Waals surface area contributed by atoms with Crippen molar-refractivity contribution in [3.05, 3.63) is 28.8 Å². The lowest BCUT2D eigenvalue weighted by Gasteiger charge is -2.31. The molecule has 1 heterocycles. The molecule has 1 aliphatic heterocycles. The van der Waals surface area contributed by atoms with E-state index < -0.39 is 0 Å². The fourth-order valence-corrected chi connectivity index (χ4v) is 3.13. The summed E-state index contributed by atoms with van der Waals surface area (Å²) >= 11 is 6.46. The first-order valence-corrected chi connectivity index (χ1v) is 7.73. The average Bonchev–Trinajstić information content (AvgIpc) is 2.82. The van der Waals surface area contributed by atoms with Crippen LogP contribution in [0.15, 0.2) is 18.2 Å². The highest BCUT2D eigenvalue weighted by atomic mass is 35.5. The number of ether oxygens (including phenoxy) is 1. The van der Waals surface area contributed by atoms with E-state index in [-0.39, 0.29) is 6.10 Å². The maximum absolute atomic E-state index is 6.46. The van der Waals surface area contributed by atoms with Crippen LogP contribution in [-0.2, 0) is 11.3 Å². The normalized spacial score (nSPS) is 22.5. The number of nitrogens with zero attached hydrogens (tertiary/aromatic N) is 1. The largest absolute Gasteiger partial charge is 0.376 e. The molecule has 2 rings (SSSR count). The minimum atomic E-state index is 0.252. The van der Waals surface area contributed by atoms with Gasteiger partial charge in [0.15, 0.2) is 0 Å². The van der Waals surface area contributed by atoms with E-state index >= 15 is 0 Å². The molecule has 0 spiro atoms. The molecule has 1 aromatic carbocycles. The van der Waals surface area contributed by atoms with E-state index in [9.17, 15) is 0 Å². The van der Waals surface area contributed by atoms with Gasteiger partial charge in [-0.3, -0.25) is 0 Å². The number of nitrogens with one attached hydrogen (secondary N) is 1. The standard InChI is InChI=1S/C16H25ClN2O/c1-11(2)18-10-13-6-5-7-14(17)16(13)19(4)15-8-9-20-12(15)3/h5-7,11-12,15,18H,8-10H2,1-4H3. The molecule has 2 unspecified atom stereocenters. The van der Waals surface area contributed by atoms with Crippen molar-refractivity contribution in [2.24, 2.45) is 0 Å². The van der Waals surface area contributed by atoms with E-state index in [1.165, 1.54) is 5.56 Å². The Bertz CT molecular complexity index is 450. The summed E-state index contributed by atoms with van der Waals surface area (Å²) in [7, 11) is 2.12. The summed E-state index contributed by atoms with van der Waals surface area (Å²) in [5.74, 6) is 0. The molecule has 4 heteroatoms. The zero-order valence-corrected chi connectivity index (χ0v) is 13.6. The van der Waals surface area contributed by atoms with E-state index in [1.54, 1.807) is 0 Å². The van der Waals surface area contributed by atoms with E-state index in [0.717, 1.165) is 30.3 Å². The predicted octanol–water partition coefficient (Wildman–Crippen LogP) is 3.45. The van der Waals surface area contributed by atoms with Crippen molar-refractivity contribution < 1.29 is 4.74 Å². The summed E-state index contributed by atoms with van der Waals surface area (Å²) < 4.78 is 5.69. The number of anilines is 1. The lowest BCUT2D eigenvalue weighted by Crippen LogP contribution is -2.38. The first-order valence-electron chi connectivity index (χ1n) is 7.36. The molecule has 112 valence electrons. The van der Waals surface area contributed by atoms with Crippen molar-refractivity contribution in [1.82, 2.24) is 5.32 Å². The molecule has 0 aromatic heterocycles. The summed E-state index contributed by atoms with van der Waals surface area (Å²) in [5, 5.41) is 4.28. The van der Waals surface area contributed by atoms with Crippen LogP contribution in [0.1, 0.15) is 32.8 Å². The quantitative estimate of drug-likeness (QED) is 0.901. The molecule has 2 atom stereocenters. The fraction of sp³-hybridized carbons (Fsp3) is 0.625. The van der Waals surface area contributed by atoms with Gasteiger partial charge in [-0.05, 0) is 25.0 Å². The summed E-state index contributed by atoms with van der Waals surface area (Å²) in [6.45, 7) is 8.11. The minimum Gasteiger partial charge on any atom is -0.376 e. The van der Waals surface area contributed by atoms with Crippen LogP contribution >= 0.6 is 11.6 Å². The summed E-state index contributed by atoms with van der Waals surface area (Å²) in [6.07, 6.45) is 1.31. The third-order valence-corrected chi connectivity index (χ3v) is 4.26. The number of hydrogen-bond acceptors (Lipinski definition) is 3.